The van der Waals surface area contributed by atoms with E-state index in [2.05, 4.69) is 15.3 Å². The lowest BCUT2D eigenvalue weighted by atomic mass is 10.1. The fraction of sp³-hybridized carbons (Fsp3) is 0.286. The van der Waals surface area contributed by atoms with Gasteiger partial charge in [0.15, 0.2) is 0 Å². The van der Waals surface area contributed by atoms with Crippen molar-refractivity contribution in [3.05, 3.63) is 46.4 Å². The highest BCUT2D eigenvalue weighted by molar-refractivity contribution is 6.30. The molecule has 0 aliphatic rings. The van der Waals surface area contributed by atoms with Gasteiger partial charge in [-0.25, -0.2) is 4.98 Å². The van der Waals surface area contributed by atoms with Gasteiger partial charge in [0.2, 0.25) is 0 Å². The molecule has 0 unspecified atom stereocenters. The predicted molar refractivity (Wildman–Crippen MR) is 76.8 cm³/mol. The summed E-state index contributed by atoms with van der Waals surface area (Å²) in [7, 11) is 1.81. The monoisotopic (exact) mass is 277 g/mol. The average molecular weight is 278 g/mol. The molecule has 5 heteroatoms. The van der Waals surface area contributed by atoms with E-state index in [0.29, 0.717) is 6.61 Å². The summed E-state index contributed by atoms with van der Waals surface area (Å²) in [5, 5.41) is 3.65. The molecule has 2 aromatic rings. The van der Waals surface area contributed by atoms with Crippen LogP contribution < -0.4 is 10.1 Å². The van der Waals surface area contributed by atoms with Crippen molar-refractivity contribution in [2.75, 3.05) is 12.4 Å². The van der Waals surface area contributed by atoms with E-state index in [0.717, 1.165) is 33.4 Å². The van der Waals surface area contributed by atoms with Crippen LogP contribution in [0.2, 0.25) is 5.02 Å². The first-order chi connectivity index (χ1) is 9.10. The third kappa shape index (κ3) is 3.35. The Labute approximate surface area is 117 Å². The van der Waals surface area contributed by atoms with Gasteiger partial charge in [-0.2, -0.15) is 0 Å². The number of aryl methyl sites for hydroxylation is 2. The Bertz CT molecular complexity index is 546. The smallest absolute Gasteiger partial charge is 0.144 e. The molecule has 0 fully saturated rings. The Hall–Kier alpha value is -1.81. The van der Waals surface area contributed by atoms with Crippen molar-refractivity contribution in [3.8, 4) is 5.75 Å². The van der Waals surface area contributed by atoms with Gasteiger partial charge in [0.1, 0.15) is 18.2 Å². The van der Waals surface area contributed by atoms with Crippen LogP contribution in [0.3, 0.4) is 0 Å². The van der Waals surface area contributed by atoms with E-state index >= 15 is 0 Å². The zero-order valence-corrected chi connectivity index (χ0v) is 12.0. The highest BCUT2D eigenvalue weighted by Gasteiger charge is 2.06. The van der Waals surface area contributed by atoms with Crippen LogP contribution in [0.1, 0.15) is 16.8 Å². The first-order valence-electron chi connectivity index (χ1n) is 5.98. The van der Waals surface area contributed by atoms with Crippen LogP contribution in [0.4, 0.5) is 5.82 Å². The molecule has 0 aliphatic heterocycles. The quantitative estimate of drug-likeness (QED) is 0.931. The molecule has 0 spiro atoms. The summed E-state index contributed by atoms with van der Waals surface area (Å²) in [6, 6.07) is 3.78. The van der Waals surface area contributed by atoms with E-state index in [4.69, 9.17) is 16.3 Å². The van der Waals surface area contributed by atoms with E-state index in [1.807, 2.05) is 26.0 Å². The summed E-state index contributed by atoms with van der Waals surface area (Å²) >= 11 is 5.99. The number of hydrogen-bond donors (Lipinski definition) is 1. The highest BCUT2D eigenvalue weighted by atomic mass is 35.5. The van der Waals surface area contributed by atoms with Crippen LogP contribution in [-0.4, -0.2) is 17.0 Å². The maximum atomic E-state index is 5.99. The minimum Gasteiger partial charge on any atom is -0.487 e. The minimum absolute atomic E-state index is 0.389. The Morgan fingerprint density at radius 1 is 1.16 bits per heavy atom. The molecular weight excluding hydrogens is 262 g/mol. The van der Waals surface area contributed by atoms with Crippen LogP contribution in [0.5, 0.6) is 5.75 Å². The molecule has 1 heterocycles. The topological polar surface area (TPSA) is 47.0 Å². The number of rotatable bonds is 4. The summed E-state index contributed by atoms with van der Waals surface area (Å²) in [5.41, 5.74) is 2.82. The lowest BCUT2D eigenvalue weighted by molar-refractivity contribution is 0.296. The first-order valence-corrected chi connectivity index (χ1v) is 6.36. The van der Waals surface area contributed by atoms with Crippen LogP contribution in [0.15, 0.2) is 24.5 Å². The van der Waals surface area contributed by atoms with Crippen molar-refractivity contribution in [2.24, 2.45) is 0 Å². The Morgan fingerprint density at radius 3 is 2.37 bits per heavy atom. The number of nitrogens with zero attached hydrogens (tertiary/aromatic N) is 2. The molecule has 4 nitrogen and oxygen atoms in total. The molecule has 0 bridgehead atoms. The number of halogens is 1. The molecule has 1 aromatic carbocycles. The van der Waals surface area contributed by atoms with Crippen molar-refractivity contribution in [1.29, 1.82) is 0 Å². The SMILES string of the molecule is CNc1cnc(COc2c(C)cc(Cl)cc2C)cn1. The fourth-order valence-electron chi connectivity index (χ4n) is 1.83. The maximum Gasteiger partial charge on any atom is 0.144 e. The molecule has 0 aliphatic carbocycles. The minimum atomic E-state index is 0.389. The molecule has 0 radical (unpaired) electrons. The number of hydrogen-bond acceptors (Lipinski definition) is 4. The van der Waals surface area contributed by atoms with Gasteiger partial charge in [-0.05, 0) is 37.1 Å². The summed E-state index contributed by atoms with van der Waals surface area (Å²) in [6.45, 7) is 4.34. The lowest BCUT2D eigenvalue weighted by Gasteiger charge is -2.12. The van der Waals surface area contributed by atoms with Crippen LogP contribution in [-0.2, 0) is 6.61 Å². The van der Waals surface area contributed by atoms with Gasteiger partial charge in [-0.3, -0.25) is 4.98 Å². The van der Waals surface area contributed by atoms with Crippen LogP contribution >= 0.6 is 11.6 Å². The molecule has 1 aromatic heterocycles. The van der Waals surface area contributed by atoms with E-state index in [9.17, 15) is 0 Å². The fourth-order valence-corrected chi connectivity index (χ4v) is 2.16. The lowest BCUT2D eigenvalue weighted by Crippen LogP contribution is -2.03. The van der Waals surface area contributed by atoms with Gasteiger partial charge in [0.25, 0.3) is 0 Å². The maximum absolute atomic E-state index is 5.99. The average Bonchev–Trinajstić information content (AvgIpc) is 2.38. The van der Waals surface area contributed by atoms with Gasteiger partial charge in [-0.1, -0.05) is 11.6 Å². The van der Waals surface area contributed by atoms with Gasteiger partial charge in [0, 0.05) is 12.1 Å². The van der Waals surface area contributed by atoms with Crippen molar-refractivity contribution >= 4 is 17.4 Å². The van der Waals surface area contributed by atoms with E-state index in [1.165, 1.54) is 0 Å². The summed E-state index contributed by atoms with van der Waals surface area (Å²) in [6.07, 6.45) is 3.38. The van der Waals surface area contributed by atoms with Gasteiger partial charge >= 0.3 is 0 Å². The third-order valence-electron chi connectivity index (χ3n) is 2.75. The van der Waals surface area contributed by atoms with E-state index in [1.54, 1.807) is 19.4 Å². The Balaban J connectivity index is 2.10. The molecule has 19 heavy (non-hydrogen) atoms. The third-order valence-corrected chi connectivity index (χ3v) is 2.97. The van der Waals surface area contributed by atoms with Crippen molar-refractivity contribution in [2.45, 2.75) is 20.5 Å². The number of aromatic nitrogens is 2. The molecular formula is C14H16ClN3O. The standard InChI is InChI=1S/C14H16ClN3O/c1-9-4-11(15)5-10(2)14(9)19-8-12-6-18-13(16-3)7-17-12/h4-7H,8H2,1-3H3,(H,16,18). The predicted octanol–water partition coefficient (Wildman–Crippen LogP) is 3.37. The van der Waals surface area contributed by atoms with E-state index < -0.39 is 0 Å². The second kappa shape index (κ2) is 5.89. The summed E-state index contributed by atoms with van der Waals surface area (Å²) in [5.74, 6) is 1.59. The summed E-state index contributed by atoms with van der Waals surface area (Å²) < 4.78 is 5.80. The molecule has 0 amide bonds. The normalized spacial score (nSPS) is 10.3. The molecule has 100 valence electrons. The first kappa shape index (κ1) is 13.6. The summed E-state index contributed by atoms with van der Waals surface area (Å²) in [4.78, 5) is 8.46. The van der Waals surface area contributed by atoms with Crippen molar-refractivity contribution in [1.82, 2.24) is 9.97 Å². The molecule has 0 atom stereocenters. The van der Waals surface area contributed by atoms with Crippen molar-refractivity contribution in [3.63, 3.8) is 0 Å². The highest BCUT2D eigenvalue weighted by Crippen LogP contribution is 2.27. The van der Waals surface area contributed by atoms with Gasteiger partial charge in [-0.15, -0.1) is 0 Å². The number of anilines is 1. The second-order valence-corrected chi connectivity index (χ2v) is 4.74. The molecule has 0 saturated carbocycles. The molecule has 2 rings (SSSR count). The largest absolute Gasteiger partial charge is 0.487 e. The zero-order chi connectivity index (χ0) is 13.8. The van der Waals surface area contributed by atoms with Gasteiger partial charge in [0.05, 0.1) is 18.1 Å². The Kier molecular flexibility index (Phi) is 4.22. The second-order valence-electron chi connectivity index (χ2n) is 4.30. The zero-order valence-electron chi connectivity index (χ0n) is 11.2. The number of benzene rings is 1. The number of ether oxygens (including phenoxy) is 1. The van der Waals surface area contributed by atoms with Crippen LogP contribution in [0.25, 0.3) is 0 Å². The Morgan fingerprint density at radius 2 is 1.84 bits per heavy atom. The molecule has 1 N–H and O–H groups in total. The molecule has 0 saturated heterocycles. The van der Waals surface area contributed by atoms with Gasteiger partial charge < -0.3 is 10.1 Å². The van der Waals surface area contributed by atoms with Crippen molar-refractivity contribution < 1.29 is 4.74 Å². The van der Waals surface area contributed by atoms with E-state index in [-0.39, 0.29) is 0 Å². The number of nitrogens with one attached hydrogen (secondary N) is 1. The van der Waals surface area contributed by atoms with Crippen LogP contribution in [0, 0.1) is 13.8 Å².